The lowest BCUT2D eigenvalue weighted by molar-refractivity contribution is 0.399. The first-order valence-electron chi connectivity index (χ1n) is 11.2. The summed E-state index contributed by atoms with van der Waals surface area (Å²) >= 11 is 0. The van der Waals surface area contributed by atoms with Crippen molar-refractivity contribution in [2.24, 2.45) is 0 Å². The second kappa shape index (κ2) is 7.71. The largest absolute Gasteiger partial charge is 0.496 e. The molecule has 0 amide bonds. The molecule has 0 saturated heterocycles. The van der Waals surface area contributed by atoms with Crippen LogP contribution in [0, 0.1) is 27.7 Å². The number of ether oxygens (including phenoxy) is 1. The van der Waals surface area contributed by atoms with Crippen LogP contribution in [0.4, 0.5) is 0 Å². The van der Waals surface area contributed by atoms with Crippen LogP contribution in [0.1, 0.15) is 65.3 Å². The van der Waals surface area contributed by atoms with E-state index in [0.717, 1.165) is 12.2 Å². The maximum Gasteiger partial charge on any atom is 0.130 e. The number of allylic oxidation sites excluding steroid dienone is 1. The van der Waals surface area contributed by atoms with Gasteiger partial charge in [0, 0.05) is 11.1 Å². The molecule has 0 saturated carbocycles. The highest BCUT2D eigenvalue weighted by atomic mass is 16.5. The van der Waals surface area contributed by atoms with Crippen LogP contribution in [-0.2, 0) is 11.8 Å². The zero-order chi connectivity index (χ0) is 22.5. The quantitative estimate of drug-likeness (QED) is 0.425. The lowest BCUT2D eigenvalue weighted by Gasteiger charge is -2.26. The molecule has 1 heteroatoms. The van der Waals surface area contributed by atoms with Gasteiger partial charge in [0.25, 0.3) is 0 Å². The van der Waals surface area contributed by atoms with Gasteiger partial charge in [-0.2, -0.15) is 0 Å². The first-order valence-corrected chi connectivity index (χ1v) is 11.2. The van der Waals surface area contributed by atoms with Crippen LogP contribution >= 0.6 is 0 Å². The van der Waals surface area contributed by atoms with Crippen molar-refractivity contribution in [3.8, 4) is 16.9 Å². The van der Waals surface area contributed by atoms with Crippen molar-refractivity contribution in [2.75, 3.05) is 7.11 Å². The molecule has 0 N–H and O–H groups in total. The highest BCUT2D eigenvalue weighted by Crippen LogP contribution is 2.48. The van der Waals surface area contributed by atoms with E-state index in [2.05, 4.69) is 97.0 Å². The van der Waals surface area contributed by atoms with E-state index < -0.39 is 0 Å². The fourth-order valence-corrected chi connectivity index (χ4v) is 5.01. The van der Waals surface area contributed by atoms with E-state index in [1.54, 1.807) is 0 Å². The van der Waals surface area contributed by atoms with Crippen molar-refractivity contribution in [1.29, 1.82) is 0 Å². The Bertz CT molecular complexity index is 1160. The van der Waals surface area contributed by atoms with Crippen LogP contribution in [0.2, 0.25) is 0 Å². The van der Waals surface area contributed by atoms with Crippen molar-refractivity contribution in [3.63, 3.8) is 0 Å². The lowest BCUT2D eigenvalue weighted by Crippen LogP contribution is -2.14. The van der Waals surface area contributed by atoms with Gasteiger partial charge in [0.15, 0.2) is 0 Å². The second-order valence-corrected chi connectivity index (χ2v) is 10.2. The van der Waals surface area contributed by atoms with E-state index in [1.807, 2.05) is 7.11 Å². The van der Waals surface area contributed by atoms with Crippen LogP contribution in [0.25, 0.3) is 22.8 Å². The van der Waals surface area contributed by atoms with Gasteiger partial charge in [-0.25, -0.2) is 0 Å². The molecule has 0 unspecified atom stereocenters. The molecule has 3 aromatic rings. The molecule has 0 bridgehead atoms. The minimum atomic E-state index is -0.00942. The maximum absolute atomic E-state index is 6.12. The Morgan fingerprint density at radius 1 is 0.710 bits per heavy atom. The zero-order valence-electron chi connectivity index (χ0n) is 20.2. The number of fused-ring (bicyclic) bond motifs is 1. The summed E-state index contributed by atoms with van der Waals surface area (Å²) in [4.78, 5) is 0. The molecule has 0 radical (unpaired) electrons. The summed E-state index contributed by atoms with van der Waals surface area (Å²) in [6.45, 7) is 15.5. The van der Waals surface area contributed by atoms with Gasteiger partial charge in [-0.1, -0.05) is 85.5 Å². The van der Waals surface area contributed by atoms with E-state index in [1.165, 1.54) is 61.2 Å². The minimum absolute atomic E-state index is 0.00942. The maximum atomic E-state index is 6.12. The Balaban J connectivity index is 1.98. The molecule has 31 heavy (non-hydrogen) atoms. The summed E-state index contributed by atoms with van der Waals surface area (Å²) in [5, 5.41) is 0. The monoisotopic (exact) mass is 410 g/mol. The Hall–Kier alpha value is -2.80. The summed E-state index contributed by atoms with van der Waals surface area (Å²) < 4.78 is 6.12. The van der Waals surface area contributed by atoms with Crippen LogP contribution in [0.15, 0.2) is 42.5 Å². The summed E-state index contributed by atoms with van der Waals surface area (Å²) in [5.74, 6) is 1.02. The zero-order valence-corrected chi connectivity index (χ0v) is 20.2. The van der Waals surface area contributed by atoms with Crippen LogP contribution in [0.5, 0.6) is 5.75 Å². The van der Waals surface area contributed by atoms with E-state index in [4.69, 9.17) is 4.74 Å². The number of methoxy groups -OCH3 is 1. The third kappa shape index (κ3) is 4.06. The second-order valence-electron chi connectivity index (χ2n) is 10.2. The number of aryl methyl sites for hydroxylation is 4. The highest BCUT2D eigenvalue weighted by molar-refractivity contribution is 5.94. The predicted molar refractivity (Wildman–Crippen MR) is 134 cm³/mol. The minimum Gasteiger partial charge on any atom is -0.496 e. The van der Waals surface area contributed by atoms with Gasteiger partial charge < -0.3 is 4.74 Å². The summed E-state index contributed by atoms with van der Waals surface area (Å²) in [6.07, 6.45) is 3.33. The molecule has 0 fully saturated rings. The van der Waals surface area contributed by atoms with Crippen molar-refractivity contribution in [1.82, 2.24) is 0 Å². The average Bonchev–Trinajstić information content (AvgIpc) is 3.08. The Morgan fingerprint density at radius 2 is 1.23 bits per heavy atom. The van der Waals surface area contributed by atoms with E-state index in [-0.39, 0.29) is 5.41 Å². The van der Waals surface area contributed by atoms with Gasteiger partial charge in [-0.05, 0) is 73.4 Å². The third-order valence-corrected chi connectivity index (χ3v) is 6.23. The molecule has 1 aliphatic rings. The molecule has 0 aliphatic heterocycles. The van der Waals surface area contributed by atoms with Gasteiger partial charge in [0.05, 0.1) is 7.11 Å². The fourth-order valence-electron chi connectivity index (χ4n) is 5.01. The van der Waals surface area contributed by atoms with Gasteiger partial charge in [0.2, 0.25) is 0 Å². The molecule has 1 nitrogen and oxygen atoms in total. The first-order chi connectivity index (χ1) is 14.6. The highest BCUT2D eigenvalue weighted by Gasteiger charge is 2.29. The molecule has 4 rings (SSSR count). The predicted octanol–water partition coefficient (Wildman–Crippen LogP) is 7.99. The summed E-state index contributed by atoms with van der Waals surface area (Å²) in [7, 11) is 1.82. The SMILES string of the molecule is COc1c(C(C)(C)C)cc2c(c1-c1cc(C)cc(C)c1)CC(c1cc(C)cc(C)c1)=C2. The summed E-state index contributed by atoms with van der Waals surface area (Å²) in [6, 6.07) is 16.1. The standard InChI is InChI=1S/C30H34O/c1-18-9-19(2)12-22(11-18)23-15-24-17-27(30(5,6)7)29(31-8)28(26(24)16-23)25-13-20(3)10-21(4)14-25/h9-15,17H,16H2,1-8H3. The topological polar surface area (TPSA) is 9.23 Å². The fraction of sp³-hybridized carbons (Fsp3) is 0.333. The number of hydrogen-bond donors (Lipinski definition) is 0. The van der Waals surface area contributed by atoms with Gasteiger partial charge in [0.1, 0.15) is 5.75 Å². The number of rotatable bonds is 3. The Kier molecular flexibility index (Phi) is 5.33. The molecule has 0 heterocycles. The third-order valence-electron chi connectivity index (χ3n) is 6.23. The Labute approximate surface area is 187 Å². The van der Waals surface area contributed by atoms with Crippen molar-refractivity contribution in [2.45, 2.75) is 60.3 Å². The van der Waals surface area contributed by atoms with Gasteiger partial charge in [-0.3, -0.25) is 0 Å². The van der Waals surface area contributed by atoms with E-state index >= 15 is 0 Å². The van der Waals surface area contributed by atoms with E-state index in [9.17, 15) is 0 Å². The van der Waals surface area contributed by atoms with Crippen LogP contribution in [0.3, 0.4) is 0 Å². The molecular formula is C30H34O. The molecule has 3 aromatic carbocycles. The normalized spacial score (nSPS) is 13.2. The molecule has 0 aromatic heterocycles. The molecule has 160 valence electrons. The summed E-state index contributed by atoms with van der Waals surface area (Å²) in [5.41, 5.74) is 14.4. The van der Waals surface area contributed by atoms with Crippen molar-refractivity contribution < 1.29 is 4.74 Å². The van der Waals surface area contributed by atoms with Crippen LogP contribution < -0.4 is 4.74 Å². The average molecular weight is 411 g/mol. The number of hydrogen-bond acceptors (Lipinski definition) is 1. The smallest absolute Gasteiger partial charge is 0.130 e. The molecule has 0 atom stereocenters. The van der Waals surface area contributed by atoms with Crippen molar-refractivity contribution in [3.05, 3.63) is 87.0 Å². The molecular weight excluding hydrogens is 376 g/mol. The first kappa shape index (κ1) is 21.4. The Morgan fingerprint density at radius 3 is 1.71 bits per heavy atom. The van der Waals surface area contributed by atoms with Crippen LogP contribution in [-0.4, -0.2) is 7.11 Å². The molecule has 0 spiro atoms. The number of benzene rings is 3. The van der Waals surface area contributed by atoms with Gasteiger partial charge in [-0.15, -0.1) is 0 Å². The molecule has 1 aliphatic carbocycles. The van der Waals surface area contributed by atoms with Gasteiger partial charge >= 0.3 is 0 Å². The van der Waals surface area contributed by atoms with Crippen molar-refractivity contribution >= 4 is 11.6 Å². The van der Waals surface area contributed by atoms with E-state index in [0.29, 0.717) is 0 Å². The lowest BCUT2D eigenvalue weighted by atomic mass is 9.81.